The SMILES string of the molecule is C[C@H](OC(=O)c1ccc(O)cc1)C(=O)N1c2ccccc2C[C@@H]1C. The van der Waals surface area contributed by atoms with Crippen molar-refractivity contribution in [3.63, 3.8) is 0 Å². The quantitative estimate of drug-likeness (QED) is 0.881. The first kappa shape index (κ1) is 16.1. The number of ether oxygens (including phenoxy) is 1. The van der Waals surface area contributed by atoms with Gasteiger partial charge in [-0.15, -0.1) is 0 Å². The summed E-state index contributed by atoms with van der Waals surface area (Å²) in [5.41, 5.74) is 2.29. The maximum Gasteiger partial charge on any atom is 0.338 e. The number of rotatable bonds is 3. The second-order valence-electron chi connectivity index (χ2n) is 5.98. The Morgan fingerprint density at radius 1 is 1.17 bits per heavy atom. The molecule has 1 aliphatic heterocycles. The van der Waals surface area contributed by atoms with Crippen molar-refractivity contribution in [3.8, 4) is 5.75 Å². The van der Waals surface area contributed by atoms with E-state index in [-0.39, 0.29) is 17.7 Å². The molecule has 1 N–H and O–H groups in total. The summed E-state index contributed by atoms with van der Waals surface area (Å²) in [4.78, 5) is 26.6. The monoisotopic (exact) mass is 325 g/mol. The maximum atomic E-state index is 12.7. The summed E-state index contributed by atoms with van der Waals surface area (Å²) >= 11 is 0. The molecule has 5 nitrogen and oxygen atoms in total. The summed E-state index contributed by atoms with van der Waals surface area (Å²) in [5, 5.41) is 9.26. The average molecular weight is 325 g/mol. The van der Waals surface area contributed by atoms with Crippen LogP contribution in [0.1, 0.15) is 29.8 Å². The van der Waals surface area contributed by atoms with Gasteiger partial charge in [-0.05, 0) is 56.2 Å². The molecular weight excluding hydrogens is 306 g/mol. The minimum Gasteiger partial charge on any atom is -0.508 e. The molecule has 2 aromatic carbocycles. The van der Waals surface area contributed by atoms with Gasteiger partial charge in [0.1, 0.15) is 5.75 Å². The lowest BCUT2D eigenvalue weighted by atomic mass is 10.1. The Morgan fingerprint density at radius 2 is 1.83 bits per heavy atom. The largest absolute Gasteiger partial charge is 0.508 e. The van der Waals surface area contributed by atoms with Crippen molar-refractivity contribution in [2.75, 3.05) is 4.90 Å². The predicted octanol–water partition coefficient (Wildman–Crippen LogP) is 2.92. The first-order valence-electron chi connectivity index (χ1n) is 7.88. The number of phenols is 1. The molecule has 0 saturated carbocycles. The lowest BCUT2D eigenvalue weighted by molar-refractivity contribution is -0.126. The van der Waals surface area contributed by atoms with E-state index in [1.807, 2.05) is 31.2 Å². The van der Waals surface area contributed by atoms with Gasteiger partial charge in [0.25, 0.3) is 5.91 Å². The van der Waals surface area contributed by atoms with Gasteiger partial charge in [0.15, 0.2) is 6.10 Å². The number of carbonyl (C=O) groups is 2. The van der Waals surface area contributed by atoms with Gasteiger partial charge in [-0.25, -0.2) is 4.79 Å². The van der Waals surface area contributed by atoms with Gasteiger partial charge >= 0.3 is 5.97 Å². The van der Waals surface area contributed by atoms with Crippen molar-refractivity contribution in [3.05, 3.63) is 59.7 Å². The van der Waals surface area contributed by atoms with Gasteiger partial charge in [0.2, 0.25) is 0 Å². The second kappa shape index (κ2) is 6.35. The molecule has 0 saturated heterocycles. The molecule has 3 rings (SSSR count). The smallest absolute Gasteiger partial charge is 0.338 e. The topological polar surface area (TPSA) is 66.8 Å². The van der Waals surface area contributed by atoms with Crippen molar-refractivity contribution < 1.29 is 19.4 Å². The van der Waals surface area contributed by atoms with Crippen molar-refractivity contribution in [1.82, 2.24) is 0 Å². The molecule has 0 aliphatic carbocycles. The summed E-state index contributed by atoms with van der Waals surface area (Å²) in [5.74, 6) is -0.756. The molecule has 1 aliphatic rings. The van der Waals surface area contributed by atoms with Crippen LogP contribution in [0.2, 0.25) is 0 Å². The van der Waals surface area contributed by atoms with Crippen molar-refractivity contribution in [1.29, 1.82) is 0 Å². The van der Waals surface area contributed by atoms with E-state index in [4.69, 9.17) is 4.74 Å². The Labute approximate surface area is 140 Å². The van der Waals surface area contributed by atoms with Crippen LogP contribution in [0.15, 0.2) is 48.5 Å². The van der Waals surface area contributed by atoms with Crippen LogP contribution in [-0.2, 0) is 16.0 Å². The molecule has 1 heterocycles. The molecule has 0 bridgehead atoms. The number of fused-ring (bicyclic) bond motifs is 1. The van der Waals surface area contributed by atoms with Gasteiger partial charge in [-0.1, -0.05) is 18.2 Å². The Balaban J connectivity index is 1.73. The highest BCUT2D eigenvalue weighted by Gasteiger charge is 2.34. The predicted molar refractivity (Wildman–Crippen MR) is 90.1 cm³/mol. The number of hydrogen-bond donors (Lipinski definition) is 1. The number of nitrogens with zero attached hydrogens (tertiary/aromatic N) is 1. The lowest BCUT2D eigenvalue weighted by Gasteiger charge is -2.25. The Hall–Kier alpha value is -2.82. The molecule has 124 valence electrons. The number of hydrogen-bond acceptors (Lipinski definition) is 4. The Bertz CT molecular complexity index is 769. The van der Waals surface area contributed by atoms with E-state index in [1.165, 1.54) is 24.3 Å². The van der Waals surface area contributed by atoms with Gasteiger partial charge in [-0.2, -0.15) is 0 Å². The van der Waals surface area contributed by atoms with Crippen molar-refractivity contribution in [2.45, 2.75) is 32.4 Å². The van der Waals surface area contributed by atoms with Gasteiger partial charge in [0.05, 0.1) is 5.56 Å². The summed E-state index contributed by atoms with van der Waals surface area (Å²) in [6.45, 7) is 3.56. The van der Waals surface area contributed by atoms with E-state index in [1.54, 1.807) is 11.8 Å². The second-order valence-corrected chi connectivity index (χ2v) is 5.98. The fourth-order valence-corrected chi connectivity index (χ4v) is 2.97. The third kappa shape index (κ3) is 2.97. The van der Waals surface area contributed by atoms with Crippen molar-refractivity contribution in [2.24, 2.45) is 0 Å². The highest BCUT2D eigenvalue weighted by molar-refractivity contribution is 6.00. The van der Waals surface area contributed by atoms with Crippen LogP contribution in [-0.4, -0.2) is 29.1 Å². The van der Waals surface area contributed by atoms with E-state index in [0.29, 0.717) is 5.56 Å². The van der Waals surface area contributed by atoms with Gasteiger partial charge < -0.3 is 14.7 Å². The first-order valence-corrected chi connectivity index (χ1v) is 7.88. The summed E-state index contributed by atoms with van der Waals surface area (Å²) < 4.78 is 5.30. The third-order valence-electron chi connectivity index (χ3n) is 4.18. The van der Waals surface area contributed by atoms with Crippen LogP contribution < -0.4 is 4.90 Å². The number of carbonyl (C=O) groups excluding carboxylic acids is 2. The van der Waals surface area contributed by atoms with E-state index < -0.39 is 12.1 Å². The molecular formula is C19H19NO4. The molecule has 0 unspecified atom stereocenters. The molecule has 0 fully saturated rings. The summed E-state index contributed by atoms with van der Waals surface area (Å²) in [7, 11) is 0. The zero-order chi connectivity index (χ0) is 17.3. The number of benzene rings is 2. The molecule has 2 aromatic rings. The van der Waals surface area contributed by atoms with Gasteiger partial charge in [0, 0.05) is 11.7 Å². The van der Waals surface area contributed by atoms with Gasteiger partial charge in [-0.3, -0.25) is 4.79 Å². The molecule has 0 spiro atoms. The maximum absolute atomic E-state index is 12.7. The highest BCUT2D eigenvalue weighted by Crippen LogP contribution is 2.32. The minimum atomic E-state index is -0.889. The molecule has 5 heteroatoms. The van der Waals surface area contributed by atoms with E-state index in [0.717, 1.165) is 17.7 Å². The van der Waals surface area contributed by atoms with Crippen LogP contribution in [0.5, 0.6) is 5.75 Å². The standard InChI is InChI=1S/C19H19NO4/c1-12-11-15-5-3-4-6-17(15)20(12)18(22)13(2)24-19(23)14-7-9-16(21)10-8-14/h3-10,12-13,21H,11H2,1-2H3/t12-,13-/m0/s1. The zero-order valence-corrected chi connectivity index (χ0v) is 13.6. The highest BCUT2D eigenvalue weighted by atomic mass is 16.5. The number of amides is 1. The lowest BCUT2D eigenvalue weighted by Crippen LogP contribution is -2.43. The Morgan fingerprint density at radius 3 is 2.54 bits per heavy atom. The molecule has 0 aromatic heterocycles. The zero-order valence-electron chi connectivity index (χ0n) is 13.6. The fourth-order valence-electron chi connectivity index (χ4n) is 2.97. The molecule has 1 amide bonds. The Kier molecular flexibility index (Phi) is 4.25. The number of anilines is 1. The van der Waals surface area contributed by atoms with Crippen molar-refractivity contribution >= 4 is 17.6 Å². The van der Waals surface area contributed by atoms with E-state index in [9.17, 15) is 14.7 Å². The number of para-hydroxylation sites is 1. The van der Waals surface area contributed by atoms with Crippen LogP contribution in [0.4, 0.5) is 5.69 Å². The average Bonchev–Trinajstić information content (AvgIpc) is 2.90. The fraction of sp³-hybridized carbons (Fsp3) is 0.263. The molecule has 24 heavy (non-hydrogen) atoms. The summed E-state index contributed by atoms with van der Waals surface area (Å²) in [6.07, 6.45) is -0.0968. The summed E-state index contributed by atoms with van der Waals surface area (Å²) in [6, 6.07) is 13.5. The van der Waals surface area contributed by atoms with Crippen LogP contribution in [0.25, 0.3) is 0 Å². The van der Waals surface area contributed by atoms with Crippen LogP contribution in [0, 0.1) is 0 Å². The molecule has 0 radical (unpaired) electrons. The van der Waals surface area contributed by atoms with E-state index >= 15 is 0 Å². The van der Waals surface area contributed by atoms with Crippen LogP contribution in [0.3, 0.4) is 0 Å². The number of phenolic OH excluding ortho intramolecular Hbond substituents is 1. The third-order valence-corrected chi connectivity index (χ3v) is 4.18. The number of esters is 1. The molecule has 2 atom stereocenters. The van der Waals surface area contributed by atoms with E-state index in [2.05, 4.69) is 0 Å². The first-order chi connectivity index (χ1) is 11.5. The van der Waals surface area contributed by atoms with Crippen LogP contribution >= 0.6 is 0 Å². The number of aromatic hydroxyl groups is 1. The minimum absolute atomic E-state index is 0.0322. The normalized spacial score (nSPS) is 17.2.